The lowest BCUT2D eigenvalue weighted by Crippen LogP contribution is -2.67. The summed E-state index contributed by atoms with van der Waals surface area (Å²) in [4.78, 5) is 0. The lowest BCUT2D eigenvalue weighted by atomic mass is 9.56. The highest BCUT2D eigenvalue weighted by atomic mass is 15.2. The predicted octanol–water partition coefficient (Wildman–Crippen LogP) is 9.19. The van der Waals surface area contributed by atoms with E-state index in [2.05, 4.69) is 206 Å². The minimum atomic E-state index is -0.107. The van der Waals surface area contributed by atoms with Gasteiger partial charge in [-0.2, -0.15) is 13.7 Å². The second-order valence-corrected chi connectivity index (χ2v) is 34.6. The Balaban J connectivity index is 0.936. The Kier molecular flexibility index (Phi) is 5.13. The van der Waals surface area contributed by atoms with Crippen LogP contribution in [-0.4, -0.2) is 0 Å². The average molecular weight is 1310 g/mol. The highest BCUT2D eigenvalue weighted by molar-refractivity contribution is 6.42. The molecule has 0 radical (unpaired) electrons. The molecule has 0 bridgehead atoms. The van der Waals surface area contributed by atoms with Crippen LogP contribution in [0.15, 0.2) is 151 Å². The van der Waals surface area contributed by atoms with E-state index in [-0.39, 0.29) is 41.7 Å². The van der Waals surface area contributed by atoms with Gasteiger partial charge in [0.25, 0.3) is 62.5 Å². The van der Waals surface area contributed by atoms with Gasteiger partial charge in [-0.3, -0.25) is 0 Å². The summed E-state index contributed by atoms with van der Waals surface area (Å²) in [5.74, 6) is 0.236. The molecule has 0 spiro atoms. The number of fused-ring (bicyclic) bond motifs is 6. The second kappa shape index (κ2) is 12.1. The number of pyridine rings is 12. The molecule has 0 N–H and O–H groups in total. The van der Waals surface area contributed by atoms with Gasteiger partial charge in [0.15, 0.2) is 28.7 Å². The number of aromatic nitrogens is 11. The monoisotopic (exact) mass is 1310 g/mol. The van der Waals surface area contributed by atoms with Crippen LogP contribution in [0.25, 0.3) is 220 Å². The molecule has 6 aromatic carbocycles. The first kappa shape index (κ1) is 44.2. The molecule has 104 heavy (non-hydrogen) atoms. The van der Waals surface area contributed by atoms with Crippen molar-refractivity contribution in [3.05, 3.63) is 247 Å². The fourth-order valence-electron chi connectivity index (χ4n) is 29.7. The van der Waals surface area contributed by atoms with Crippen LogP contribution in [0.2, 0.25) is 0 Å². The SMILES string of the molecule is C1=CC2=Cc3cc4cc5c6c7c8c9c%10c6c4c4c6c%10c%10c%11[n+]%12c%13c%14c%15[n+]%16c%17c%18c%19c(cc%20[n+]%18=C%18c%21c(cccc%21C%21=CC=C%22C(C%15c%15c%23c%24c(c([n+]34)C2C(=C1)[n+]%24cc[n+]%23%22)[n+]6c%15c%10%14)C%21C%18%16)C%20)cc1cc2[n+]3c(c4ccc6c%10ccc([n+]-8c%10c(c8c%12c%10c(c3c1c%19[n+]%10c%17%13)[n+]4c68)C9%11)C1C=CC=C(C5)[N+]=71)C=CC2. The van der Waals surface area contributed by atoms with E-state index in [1.807, 2.05) is 0 Å². The lowest BCUT2D eigenvalue weighted by molar-refractivity contribution is -0.739. The van der Waals surface area contributed by atoms with Gasteiger partial charge < -0.3 is 0 Å². The summed E-state index contributed by atoms with van der Waals surface area (Å²) in [5.41, 5.74) is 56.8. The van der Waals surface area contributed by atoms with Crippen molar-refractivity contribution in [1.29, 1.82) is 0 Å². The molecule has 0 amide bonds. The van der Waals surface area contributed by atoms with Crippen LogP contribution >= 0.6 is 0 Å². The van der Waals surface area contributed by atoms with E-state index >= 15 is 0 Å². The topological polar surface area (TPSA) is 49.0 Å². The molecule has 7 unspecified atom stereocenters. The van der Waals surface area contributed by atoms with E-state index in [1.54, 1.807) is 11.3 Å². The molecule has 12 aliphatic heterocycles. The van der Waals surface area contributed by atoms with Gasteiger partial charge in [0.2, 0.25) is 57.2 Å². The predicted molar refractivity (Wildman–Crippen MR) is 385 cm³/mol. The zero-order valence-electron chi connectivity index (χ0n) is 54.5. The van der Waals surface area contributed by atoms with Gasteiger partial charge in [0.1, 0.15) is 33.0 Å². The third-order valence-corrected chi connectivity index (χ3v) is 31.9. The fourth-order valence-corrected chi connectivity index (χ4v) is 29.7. The van der Waals surface area contributed by atoms with Crippen molar-refractivity contribution >= 4 is 215 Å². The summed E-state index contributed by atoms with van der Waals surface area (Å²) < 4.78 is 35.1. The van der Waals surface area contributed by atoms with Gasteiger partial charge in [-0.25, -0.2) is 0 Å². The summed E-state index contributed by atoms with van der Waals surface area (Å²) in [6.45, 7) is 0. The molecule has 0 saturated heterocycles. The number of benzene rings is 6. The maximum Gasteiger partial charge on any atom is 0.365 e. The lowest BCUT2D eigenvalue weighted by Gasteiger charge is -2.46. The van der Waals surface area contributed by atoms with Crippen LogP contribution in [0.5, 0.6) is 0 Å². The minimum Gasteiger partial charge on any atom is -0.173 e. The van der Waals surface area contributed by atoms with Crippen molar-refractivity contribution in [2.75, 3.05) is 0 Å². The number of nitrogens with zero attached hydrogens (tertiary/aromatic N) is 12. The van der Waals surface area contributed by atoms with Crippen LogP contribution in [0, 0.1) is 17.5 Å². The average Bonchev–Trinajstić information content (AvgIpc) is 0.606. The van der Waals surface area contributed by atoms with Crippen molar-refractivity contribution in [1.82, 2.24) is 4.58 Å². The van der Waals surface area contributed by atoms with Crippen LogP contribution in [0.1, 0.15) is 114 Å². The van der Waals surface area contributed by atoms with Crippen molar-refractivity contribution < 1.29 is 48.9 Å². The number of hydrogen-bond acceptors (Lipinski definition) is 0. The molecule has 0 saturated carbocycles. The molecule has 39 rings (SSSR count). The van der Waals surface area contributed by atoms with Crippen LogP contribution < -0.4 is 58.8 Å². The highest BCUT2D eigenvalue weighted by Gasteiger charge is 2.74. The largest absolute Gasteiger partial charge is 0.365 e. The molecule has 7 atom stereocenters. The number of rotatable bonds is 0. The van der Waals surface area contributed by atoms with E-state index in [1.165, 1.54) is 304 Å². The Labute approximate surface area is 577 Å². The molecule has 0 fully saturated rings. The molecule has 12 nitrogen and oxygen atoms in total. The Hall–Kier alpha value is -13.1. The Morgan fingerprint density at radius 3 is 2.30 bits per heavy atom. The molecular weight excluding hydrogens is 1270 g/mol. The molecule has 22 aromatic rings. The third-order valence-electron chi connectivity index (χ3n) is 31.9. The summed E-state index contributed by atoms with van der Waals surface area (Å²) in [7, 11) is 0. The first-order valence-electron chi connectivity index (χ1n) is 38.0. The van der Waals surface area contributed by atoms with Gasteiger partial charge in [-0.15, -0.1) is 39.8 Å². The van der Waals surface area contributed by atoms with E-state index in [9.17, 15) is 0 Å². The van der Waals surface area contributed by atoms with E-state index in [0.717, 1.165) is 19.3 Å². The first-order chi connectivity index (χ1) is 51.7. The maximum atomic E-state index is 3.17. The van der Waals surface area contributed by atoms with Crippen LogP contribution in [0.4, 0.5) is 0 Å². The van der Waals surface area contributed by atoms with Crippen LogP contribution in [-0.2, 0) is 19.3 Å². The van der Waals surface area contributed by atoms with E-state index in [4.69, 9.17) is 0 Å². The Bertz CT molecular complexity index is 9600. The zero-order valence-corrected chi connectivity index (χ0v) is 54.5. The molecular formula is C92H38N12+12. The molecule has 454 valence electrons. The first-order valence-corrected chi connectivity index (χ1v) is 38.0. The molecule has 16 aromatic heterocycles. The molecule has 12 heteroatoms. The maximum absolute atomic E-state index is 3.17. The van der Waals surface area contributed by atoms with E-state index in [0.29, 0.717) is 0 Å². The Morgan fingerprint density at radius 2 is 1.32 bits per heavy atom. The summed E-state index contributed by atoms with van der Waals surface area (Å²) in [6, 6.07) is 31.1. The van der Waals surface area contributed by atoms with Gasteiger partial charge in [0, 0.05) is 82.3 Å². The molecule has 17 aliphatic rings. The van der Waals surface area contributed by atoms with E-state index < -0.39 is 0 Å². The summed E-state index contributed by atoms with van der Waals surface area (Å²) >= 11 is 0. The van der Waals surface area contributed by atoms with Crippen LogP contribution in [0.3, 0.4) is 0 Å². The smallest absolute Gasteiger partial charge is 0.173 e. The van der Waals surface area contributed by atoms with Gasteiger partial charge in [-0.05, 0) is 63.6 Å². The minimum absolute atomic E-state index is 0.0208. The van der Waals surface area contributed by atoms with Crippen molar-refractivity contribution in [2.45, 2.75) is 49.1 Å². The summed E-state index contributed by atoms with van der Waals surface area (Å²) in [5, 5.41) is 24.4. The third kappa shape index (κ3) is 3.32. The van der Waals surface area contributed by atoms with Gasteiger partial charge in [-0.1, -0.05) is 48.6 Å². The highest BCUT2D eigenvalue weighted by Crippen LogP contribution is 2.68. The van der Waals surface area contributed by atoms with Crippen molar-refractivity contribution in [2.24, 2.45) is 11.8 Å². The van der Waals surface area contributed by atoms with Crippen molar-refractivity contribution in [3.63, 3.8) is 0 Å². The molecule has 28 heterocycles. The zero-order chi connectivity index (χ0) is 63.7. The standard InChI is InChI=1S/C92H38N12/c1-5-29-23-37-28-34-22-33-26-36-8-4-11-44-46-17-15-42-41-14-16-45-43-10-3-7-35-25-31-21-32-27-38-24-30-6-2-12-47-50(30)77-88-87-75-67-59-56-48(93(75)19-20-94(47)87)18-13-40-39(9-1)49(29)76-82(55(40)56)102-73(59)68-65-63-61-58-57(52(32)79(98(38)77)84(61)103(88)74(65)67)51(31)78(95(35)43)83-60(58)62-64(69(41)99(45)83)66-70(42)100(46)89-80(96(36)44)53(33)71-54(34)81(97(37)76)90(102)92-86(68)101(72(62)63)85(66)91(89)104(71)92/h1-7,9-22,24,26-28,43,50,55-56,59,62,82H,8,23,25H2/q+12. The normalized spacial score (nSPS) is 23.9. The fraction of sp³-hybridized carbons (Fsp3) is 0.109. The Morgan fingerprint density at radius 1 is 0.471 bits per heavy atom. The summed E-state index contributed by atoms with van der Waals surface area (Å²) in [6.07, 6.45) is 35.2. The number of allylic oxidation sites excluding steroid dienone is 13. The second-order valence-electron chi connectivity index (χ2n) is 34.6. The molecule has 5 aliphatic carbocycles. The van der Waals surface area contributed by atoms with Gasteiger partial charge in [0.05, 0.1) is 91.4 Å². The number of hydrogen-bond donors (Lipinski definition) is 0. The van der Waals surface area contributed by atoms with Crippen molar-refractivity contribution in [3.8, 4) is 5.69 Å². The quantitative estimate of drug-likeness (QED) is 0.0828. The van der Waals surface area contributed by atoms with Gasteiger partial charge >= 0.3 is 60.7 Å².